The van der Waals surface area contributed by atoms with Crippen molar-refractivity contribution in [2.45, 2.75) is 39.1 Å². The first-order chi connectivity index (χ1) is 14.5. The van der Waals surface area contributed by atoms with Crippen molar-refractivity contribution in [2.24, 2.45) is 0 Å². The molecule has 1 N–H and O–H groups in total. The summed E-state index contributed by atoms with van der Waals surface area (Å²) in [7, 11) is 0. The summed E-state index contributed by atoms with van der Waals surface area (Å²) < 4.78 is 34.4. The molecule has 7 heteroatoms. The Kier molecular flexibility index (Phi) is 5.70. The van der Waals surface area contributed by atoms with Crippen molar-refractivity contribution >= 4 is 11.6 Å². The molecule has 1 amide bonds. The van der Waals surface area contributed by atoms with Gasteiger partial charge in [0.2, 0.25) is 0 Å². The van der Waals surface area contributed by atoms with Crippen molar-refractivity contribution in [2.75, 3.05) is 4.90 Å². The average Bonchev–Trinajstić information content (AvgIpc) is 3.32. The van der Waals surface area contributed by atoms with E-state index in [0.29, 0.717) is 23.9 Å². The number of para-hydroxylation sites is 1. The zero-order chi connectivity index (χ0) is 21.1. The number of nitrogens with zero attached hydrogens (tertiary/aromatic N) is 1. The van der Waals surface area contributed by atoms with Gasteiger partial charge in [-0.2, -0.15) is 8.78 Å². The highest BCUT2D eigenvalue weighted by Gasteiger charge is 2.27. The van der Waals surface area contributed by atoms with E-state index in [9.17, 15) is 13.6 Å². The highest BCUT2D eigenvalue weighted by atomic mass is 19.3. The number of ether oxygens (including phenoxy) is 1. The van der Waals surface area contributed by atoms with Crippen LogP contribution < -0.4 is 15.0 Å². The zero-order valence-corrected chi connectivity index (χ0v) is 16.5. The van der Waals surface area contributed by atoms with Gasteiger partial charge in [-0.25, -0.2) is 0 Å². The molecule has 0 saturated carbocycles. The maximum atomic E-state index is 12.7. The van der Waals surface area contributed by atoms with E-state index in [-0.39, 0.29) is 18.2 Å². The largest absolute Gasteiger partial charge is 0.467 e. The summed E-state index contributed by atoms with van der Waals surface area (Å²) in [6.45, 7) is 0.0688. The van der Waals surface area contributed by atoms with E-state index >= 15 is 0 Å². The van der Waals surface area contributed by atoms with Crippen molar-refractivity contribution in [1.82, 2.24) is 5.32 Å². The first kappa shape index (κ1) is 19.9. The molecule has 5 nitrogen and oxygen atoms in total. The normalized spacial score (nSPS) is 15.3. The van der Waals surface area contributed by atoms with E-state index in [4.69, 9.17) is 4.42 Å². The first-order valence-electron chi connectivity index (χ1n) is 9.74. The van der Waals surface area contributed by atoms with E-state index < -0.39 is 6.61 Å². The molecule has 3 aromatic rings. The summed E-state index contributed by atoms with van der Waals surface area (Å²) in [5, 5.41) is 2.85. The van der Waals surface area contributed by atoms with Gasteiger partial charge >= 0.3 is 6.61 Å². The van der Waals surface area contributed by atoms with Crippen molar-refractivity contribution in [3.05, 3.63) is 83.3 Å². The lowest BCUT2D eigenvalue weighted by Crippen LogP contribution is -2.30. The van der Waals surface area contributed by atoms with Crippen LogP contribution in [0.2, 0.25) is 0 Å². The van der Waals surface area contributed by atoms with Crippen LogP contribution in [0.3, 0.4) is 0 Å². The highest BCUT2D eigenvalue weighted by molar-refractivity contribution is 5.95. The number of alkyl halides is 2. The van der Waals surface area contributed by atoms with Crippen LogP contribution in [0.1, 0.15) is 34.2 Å². The van der Waals surface area contributed by atoms with Gasteiger partial charge in [-0.1, -0.05) is 30.3 Å². The molecule has 1 aromatic heterocycles. The highest BCUT2D eigenvalue weighted by Crippen LogP contribution is 2.33. The van der Waals surface area contributed by atoms with Crippen molar-refractivity contribution in [1.29, 1.82) is 0 Å². The van der Waals surface area contributed by atoms with E-state index in [1.807, 2.05) is 12.1 Å². The van der Waals surface area contributed by atoms with Crippen molar-refractivity contribution < 1.29 is 22.7 Å². The fraction of sp³-hybridized carbons (Fsp3) is 0.261. The Balaban J connectivity index is 1.40. The number of fused-ring (bicyclic) bond motifs is 1. The molecule has 4 rings (SSSR count). The lowest BCUT2D eigenvalue weighted by molar-refractivity contribution is -0.0498. The smallest absolute Gasteiger partial charge is 0.387 e. The van der Waals surface area contributed by atoms with Crippen LogP contribution in [0, 0.1) is 0 Å². The molecule has 156 valence electrons. The summed E-state index contributed by atoms with van der Waals surface area (Å²) in [5.41, 5.74) is 3.72. The van der Waals surface area contributed by atoms with Gasteiger partial charge in [0.1, 0.15) is 11.5 Å². The topological polar surface area (TPSA) is 54.7 Å². The Hall–Kier alpha value is -3.35. The number of benzene rings is 2. The van der Waals surface area contributed by atoms with Gasteiger partial charge in [-0.15, -0.1) is 0 Å². The van der Waals surface area contributed by atoms with Crippen LogP contribution in [0.15, 0.2) is 65.3 Å². The van der Waals surface area contributed by atoms with Crippen LogP contribution >= 0.6 is 0 Å². The molecule has 2 heterocycles. The third-order valence-corrected chi connectivity index (χ3v) is 5.25. The number of hydrogen-bond acceptors (Lipinski definition) is 4. The number of rotatable bonds is 7. The summed E-state index contributed by atoms with van der Waals surface area (Å²) >= 11 is 0. The summed E-state index contributed by atoms with van der Waals surface area (Å²) in [6.07, 6.45) is 2.48. The predicted molar refractivity (Wildman–Crippen MR) is 109 cm³/mol. The Morgan fingerprint density at radius 3 is 2.73 bits per heavy atom. The van der Waals surface area contributed by atoms with E-state index in [1.54, 1.807) is 18.2 Å². The summed E-state index contributed by atoms with van der Waals surface area (Å²) in [5.74, 6) is 0.445. The molecule has 0 bridgehead atoms. The molecule has 1 aliphatic heterocycles. The van der Waals surface area contributed by atoms with Gasteiger partial charge < -0.3 is 19.4 Å². The third kappa shape index (κ3) is 4.30. The molecule has 1 aliphatic rings. The molecule has 2 aromatic carbocycles. The number of halogens is 2. The number of nitrogens with one attached hydrogen (secondary N) is 1. The minimum atomic E-state index is -2.86. The Morgan fingerprint density at radius 1 is 1.20 bits per heavy atom. The second kappa shape index (κ2) is 8.57. The second-order valence-corrected chi connectivity index (χ2v) is 7.27. The van der Waals surface area contributed by atoms with Crippen molar-refractivity contribution in [3.8, 4) is 5.75 Å². The Labute approximate surface area is 173 Å². The van der Waals surface area contributed by atoms with Gasteiger partial charge in [0, 0.05) is 18.3 Å². The quantitative estimate of drug-likeness (QED) is 0.608. The van der Waals surface area contributed by atoms with E-state index in [2.05, 4.69) is 34.0 Å². The lowest BCUT2D eigenvalue weighted by Gasteiger charge is -2.24. The van der Waals surface area contributed by atoms with E-state index in [0.717, 1.165) is 12.0 Å². The van der Waals surface area contributed by atoms with Gasteiger partial charge in [0.15, 0.2) is 0 Å². The van der Waals surface area contributed by atoms with Crippen LogP contribution in [-0.4, -0.2) is 18.6 Å². The second-order valence-electron chi connectivity index (χ2n) is 7.27. The number of carbonyl (C=O) groups excluding carboxylic acids is 1. The maximum Gasteiger partial charge on any atom is 0.387 e. The van der Waals surface area contributed by atoms with Crippen LogP contribution in [0.25, 0.3) is 0 Å². The third-order valence-electron chi connectivity index (χ3n) is 5.25. The Bertz CT molecular complexity index is 1020. The standard InChI is InChI=1S/C23H22F2N2O3/c1-15-12-17-4-2-3-5-20(17)27(15)14-21-19(10-11-29-21)22(28)26-13-16-6-8-18(9-7-16)30-23(24)25/h2-11,15,23H,12-14H2,1H3,(H,26,28). The number of anilines is 1. The number of furan rings is 1. The molecule has 0 saturated heterocycles. The molecular formula is C23H22F2N2O3. The van der Waals surface area contributed by atoms with Crippen LogP contribution in [0.5, 0.6) is 5.75 Å². The molecule has 1 atom stereocenters. The number of hydrogen-bond donors (Lipinski definition) is 1. The predicted octanol–water partition coefficient (Wildman–Crippen LogP) is 4.76. The van der Waals surface area contributed by atoms with Crippen LogP contribution in [0.4, 0.5) is 14.5 Å². The average molecular weight is 412 g/mol. The van der Waals surface area contributed by atoms with Gasteiger partial charge in [-0.3, -0.25) is 4.79 Å². The summed E-state index contributed by atoms with van der Waals surface area (Å²) in [6, 6.07) is 16.4. The number of carbonyl (C=O) groups is 1. The molecule has 0 fully saturated rings. The maximum absolute atomic E-state index is 12.7. The SMILES string of the molecule is CC1Cc2ccccc2N1Cc1occc1C(=O)NCc1ccc(OC(F)F)cc1. The lowest BCUT2D eigenvalue weighted by atomic mass is 10.1. The monoisotopic (exact) mass is 412 g/mol. The minimum absolute atomic E-state index is 0.0808. The molecule has 30 heavy (non-hydrogen) atoms. The molecule has 0 aliphatic carbocycles. The van der Waals surface area contributed by atoms with Gasteiger partial charge in [0.05, 0.1) is 18.4 Å². The van der Waals surface area contributed by atoms with Crippen LogP contribution in [-0.2, 0) is 19.5 Å². The van der Waals surface area contributed by atoms with Crippen molar-refractivity contribution in [3.63, 3.8) is 0 Å². The molecule has 0 spiro atoms. The molecule has 1 unspecified atom stereocenters. The number of amides is 1. The van der Waals surface area contributed by atoms with Gasteiger partial charge in [0.25, 0.3) is 5.91 Å². The summed E-state index contributed by atoms with van der Waals surface area (Å²) in [4.78, 5) is 14.9. The zero-order valence-electron chi connectivity index (χ0n) is 16.5. The van der Waals surface area contributed by atoms with E-state index in [1.165, 1.54) is 29.6 Å². The minimum Gasteiger partial charge on any atom is -0.467 e. The molecule has 0 radical (unpaired) electrons. The fourth-order valence-electron chi connectivity index (χ4n) is 3.76. The van der Waals surface area contributed by atoms with Gasteiger partial charge in [-0.05, 0) is 48.7 Å². The Morgan fingerprint density at radius 2 is 1.97 bits per heavy atom. The fourth-order valence-corrected chi connectivity index (χ4v) is 3.76. The first-order valence-corrected chi connectivity index (χ1v) is 9.74. The molecular weight excluding hydrogens is 390 g/mol.